The molecule has 2 nitrogen and oxygen atoms in total. The Morgan fingerprint density at radius 1 is 1.47 bits per heavy atom. The second-order valence-electron chi connectivity index (χ2n) is 3.45. The third kappa shape index (κ3) is 2.71. The summed E-state index contributed by atoms with van der Waals surface area (Å²) in [5.41, 5.74) is 1.06. The van der Waals surface area contributed by atoms with Crippen LogP contribution in [-0.2, 0) is 4.79 Å². The second-order valence-corrected chi connectivity index (χ2v) is 6.29. The van der Waals surface area contributed by atoms with Crippen LogP contribution < -0.4 is 0 Å². The normalized spacial score (nSPS) is 18.2. The zero-order valence-corrected chi connectivity index (χ0v) is 12.9. The smallest absolute Gasteiger partial charge is 0.266 e. The fourth-order valence-electron chi connectivity index (χ4n) is 1.51. The third-order valence-corrected chi connectivity index (χ3v) is 4.74. The summed E-state index contributed by atoms with van der Waals surface area (Å²) in [5, 5.41) is 0. The van der Waals surface area contributed by atoms with Crippen molar-refractivity contribution in [3.8, 4) is 0 Å². The maximum absolute atomic E-state index is 12.0. The van der Waals surface area contributed by atoms with Crippen molar-refractivity contribution in [2.24, 2.45) is 0 Å². The van der Waals surface area contributed by atoms with E-state index < -0.39 is 0 Å². The van der Waals surface area contributed by atoms with Crippen molar-refractivity contribution in [2.45, 2.75) is 6.92 Å². The summed E-state index contributed by atoms with van der Waals surface area (Å²) in [5.74, 6) is 0.0159. The Bertz CT molecular complexity index is 513. The van der Waals surface area contributed by atoms with Gasteiger partial charge in [-0.1, -0.05) is 42.2 Å². The maximum Gasteiger partial charge on any atom is 0.266 e. The van der Waals surface area contributed by atoms with Crippen molar-refractivity contribution in [2.75, 3.05) is 6.54 Å². The number of carbonyl (C=O) groups excluding carboxylic acids is 1. The fraction of sp³-hybridized carbons (Fsp3) is 0.167. The van der Waals surface area contributed by atoms with E-state index in [1.54, 1.807) is 4.90 Å². The number of amides is 1. The van der Waals surface area contributed by atoms with Crippen molar-refractivity contribution in [3.63, 3.8) is 0 Å². The molecule has 2 rings (SSSR count). The van der Waals surface area contributed by atoms with E-state index in [9.17, 15) is 4.79 Å². The number of hydrogen-bond acceptors (Lipinski definition) is 3. The Kier molecular flexibility index (Phi) is 4.22. The van der Waals surface area contributed by atoms with Gasteiger partial charge >= 0.3 is 0 Å². The van der Waals surface area contributed by atoms with Gasteiger partial charge in [-0.2, -0.15) is 0 Å². The molecule has 1 aliphatic heterocycles. The lowest BCUT2D eigenvalue weighted by Crippen LogP contribution is -2.27. The third-order valence-electron chi connectivity index (χ3n) is 2.38. The van der Waals surface area contributed by atoms with E-state index in [4.69, 9.17) is 12.2 Å². The van der Waals surface area contributed by atoms with Crippen LogP contribution in [0.25, 0.3) is 6.08 Å². The first kappa shape index (κ1) is 13.0. The minimum absolute atomic E-state index is 0.0159. The number of hydrogen-bond donors (Lipinski definition) is 0. The summed E-state index contributed by atoms with van der Waals surface area (Å²) in [6, 6.07) is 7.97. The molecule has 88 valence electrons. The molecule has 1 saturated heterocycles. The van der Waals surface area contributed by atoms with Crippen LogP contribution in [0.2, 0.25) is 0 Å². The van der Waals surface area contributed by atoms with E-state index in [0.29, 0.717) is 15.8 Å². The molecule has 1 heterocycles. The van der Waals surface area contributed by atoms with Crippen LogP contribution in [0.1, 0.15) is 12.5 Å². The average Bonchev–Trinajstić information content (AvgIpc) is 2.57. The summed E-state index contributed by atoms with van der Waals surface area (Å²) >= 11 is 8.81. The molecular weight excluding hydrogens is 365 g/mol. The molecule has 0 atom stereocenters. The van der Waals surface area contributed by atoms with Crippen molar-refractivity contribution in [1.82, 2.24) is 4.90 Å². The quantitative estimate of drug-likeness (QED) is 0.448. The predicted molar refractivity (Wildman–Crippen MR) is 84.7 cm³/mol. The number of thiocarbonyl (C=S) groups is 1. The van der Waals surface area contributed by atoms with E-state index >= 15 is 0 Å². The summed E-state index contributed by atoms with van der Waals surface area (Å²) in [6.07, 6.45) is 1.91. The molecule has 0 radical (unpaired) electrons. The number of benzene rings is 1. The molecule has 17 heavy (non-hydrogen) atoms. The van der Waals surface area contributed by atoms with Crippen LogP contribution in [0.15, 0.2) is 29.2 Å². The largest absolute Gasteiger partial charge is 0.293 e. The molecule has 0 N–H and O–H groups in total. The van der Waals surface area contributed by atoms with Crippen LogP contribution in [0.4, 0.5) is 0 Å². The molecule has 1 amide bonds. The summed E-state index contributed by atoms with van der Waals surface area (Å²) in [4.78, 5) is 14.3. The van der Waals surface area contributed by atoms with Crippen molar-refractivity contribution < 1.29 is 4.79 Å². The van der Waals surface area contributed by atoms with E-state index in [1.165, 1.54) is 11.8 Å². The molecule has 5 heteroatoms. The molecule has 1 fully saturated rings. The number of likely N-dealkylation sites (N-methyl/N-ethyl adjacent to an activating group) is 1. The highest BCUT2D eigenvalue weighted by atomic mass is 127. The van der Waals surface area contributed by atoms with Crippen molar-refractivity contribution in [1.29, 1.82) is 0 Å². The molecule has 0 aromatic heterocycles. The first-order chi connectivity index (χ1) is 8.13. The van der Waals surface area contributed by atoms with Gasteiger partial charge in [0.15, 0.2) is 0 Å². The highest BCUT2D eigenvalue weighted by Crippen LogP contribution is 2.32. The minimum Gasteiger partial charge on any atom is -0.293 e. The first-order valence-electron chi connectivity index (χ1n) is 5.13. The molecular formula is C12H10INOS2. The van der Waals surface area contributed by atoms with Crippen LogP contribution in [0, 0.1) is 3.57 Å². The van der Waals surface area contributed by atoms with Gasteiger partial charge in [-0.15, -0.1) is 0 Å². The van der Waals surface area contributed by atoms with E-state index in [1.807, 2.05) is 37.3 Å². The second kappa shape index (κ2) is 5.49. The number of thioether (sulfide) groups is 1. The topological polar surface area (TPSA) is 20.3 Å². The van der Waals surface area contributed by atoms with Gasteiger partial charge in [0.2, 0.25) is 0 Å². The number of rotatable bonds is 2. The van der Waals surface area contributed by atoms with Gasteiger partial charge in [0.05, 0.1) is 4.91 Å². The fourth-order valence-corrected chi connectivity index (χ4v) is 3.42. The van der Waals surface area contributed by atoms with E-state index in [0.717, 1.165) is 9.13 Å². The van der Waals surface area contributed by atoms with Crippen LogP contribution in [0.3, 0.4) is 0 Å². The lowest BCUT2D eigenvalue weighted by atomic mass is 10.2. The molecule has 0 spiro atoms. The van der Waals surface area contributed by atoms with Crippen molar-refractivity contribution >= 4 is 62.9 Å². The van der Waals surface area contributed by atoms with Crippen LogP contribution >= 0.6 is 46.6 Å². The zero-order chi connectivity index (χ0) is 12.4. The van der Waals surface area contributed by atoms with Crippen LogP contribution in [0.5, 0.6) is 0 Å². The minimum atomic E-state index is 0.0159. The molecule has 0 aliphatic carbocycles. The van der Waals surface area contributed by atoms with E-state index in [2.05, 4.69) is 22.6 Å². The van der Waals surface area contributed by atoms with Gasteiger partial charge in [-0.25, -0.2) is 0 Å². The lowest BCUT2D eigenvalue weighted by molar-refractivity contribution is -0.121. The Hall–Kier alpha value is -0.400. The zero-order valence-electron chi connectivity index (χ0n) is 9.14. The van der Waals surface area contributed by atoms with Crippen molar-refractivity contribution in [3.05, 3.63) is 38.3 Å². The van der Waals surface area contributed by atoms with Gasteiger partial charge in [0.25, 0.3) is 5.91 Å². The average molecular weight is 375 g/mol. The molecule has 1 aliphatic rings. The van der Waals surface area contributed by atoms with Gasteiger partial charge < -0.3 is 0 Å². The van der Waals surface area contributed by atoms with Gasteiger partial charge in [-0.3, -0.25) is 9.69 Å². The molecule has 0 bridgehead atoms. The number of nitrogens with zero attached hydrogens (tertiary/aromatic N) is 1. The molecule has 1 aromatic carbocycles. The Morgan fingerprint density at radius 2 is 2.18 bits per heavy atom. The molecule has 0 saturated carbocycles. The SMILES string of the molecule is CCN1C(=O)C(=Cc2ccccc2I)SC1=S. The van der Waals surface area contributed by atoms with Gasteiger partial charge in [-0.05, 0) is 47.2 Å². The number of halogens is 1. The standard InChI is InChI=1S/C12H10INOS2/c1-2-14-11(15)10(17-12(14)16)7-8-5-3-4-6-9(8)13/h3-7H,2H2,1H3. The highest BCUT2D eigenvalue weighted by molar-refractivity contribution is 14.1. The maximum atomic E-state index is 12.0. The highest BCUT2D eigenvalue weighted by Gasteiger charge is 2.30. The lowest BCUT2D eigenvalue weighted by Gasteiger charge is -2.09. The predicted octanol–water partition coefficient (Wildman–Crippen LogP) is 3.51. The molecule has 0 unspecified atom stereocenters. The summed E-state index contributed by atoms with van der Waals surface area (Å²) < 4.78 is 1.78. The Balaban J connectivity index is 2.34. The van der Waals surface area contributed by atoms with E-state index in [-0.39, 0.29) is 5.91 Å². The Labute approximate surface area is 124 Å². The Morgan fingerprint density at radius 3 is 2.76 bits per heavy atom. The van der Waals surface area contributed by atoms with Gasteiger partial charge in [0, 0.05) is 10.1 Å². The van der Waals surface area contributed by atoms with Gasteiger partial charge in [0.1, 0.15) is 4.32 Å². The molecule has 1 aromatic rings. The van der Waals surface area contributed by atoms with Crippen LogP contribution in [-0.4, -0.2) is 21.7 Å². The first-order valence-corrected chi connectivity index (χ1v) is 7.43. The monoisotopic (exact) mass is 375 g/mol. The summed E-state index contributed by atoms with van der Waals surface area (Å²) in [6.45, 7) is 2.56. The summed E-state index contributed by atoms with van der Waals surface area (Å²) in [7, 11) is 0. The number of carbonyl (C=O) groups is 1.